The molecule has 134 valence electrons. The van der Waals surface area contributed by atoms with Gasteiger partial charge in [-0.1, -0.05) is 54.6 Å². The van der Waals surface area contributed by atoms with Gasteiger partial charge in [0, 0.05) is 16.2 Å². The lowest BCUT2D eigenvalue weighted by Gasteiger charge is -2.14. The van der Waals surface area contributed by atoms with Crippen molar-refractivity contribution in [3.63, 3.8) is 0 Å². The molecule has 2 heterocycles. The molecule has 1 aliphatic rings. The number of nitrogens with zero attached hydrogens (tertiary/aromatic N) is 1. The Kier molecular flexibility index (Phi) is 3.06. The molecule has 0 bridgehead atoms. The summed E-state index contributed by atoms with van der Waals surface area (Å²) >= 11 is 0. The van der Waals surface area contributed by atoms with Gasteiger partial charge < -0.3 is 15.2 Å². The van der Waals surface area contributed by atoms with Crippen molar-refractivity contribution in [1.29, 1.82) is 0 Å². The van der Waals surface area contributed by atoms with Crippen LogP contribution < -0.4 is 15.2 Å². The number of hydrogen-bond acceptors (Lipinski definition) is 4. The van der Waals surface area contributed by atoms with Crippen molar-refractivity contribution >= 4 is 38.3 Å². The van der Waals surface area contributed by atoms with Crippen LogP contribution in [0, 0.1) is 0 Å². The zero-order valence-corrected chi connectivity index (χ0v) is 15.0. The largest absolute Gasteiger partial charge is 0.454 e. The number of anilines is 1. The molecule has 0 saturated heterocycles. The minimum atomic E-state index is 0.262. The maximum absolute atomic E-state index is 6.33. The van der Waals surface area contributed by atoms with Crippen molar-refractivity contribution in [2.45, 2.75) is 0 Å². The second-order valence-electron chi connectivity index (χ2n) is 6.98. The molecule has 4 aromatic carbocycles. The number of benzene rings is 4. The molecule has 0 fully saturated rings. The van der Waals surface area contributed by atoms with Gasteiger partial charge in [0.2, 0.25) is 6.79 Å². The van der Waals surface area contributed by atoms with E-state index in [0.717, 1.165) is 55.1 Å². The van der Waals surface area contributed by atoms with E-state index in [1.807, 2.05) is 42.5 Å². The highest BCUT2D eigenvalue weighted by Crippen LogP contribution is 2.42. The molecule has 6 rings (SSSR count). The van der Waals surface area contributed by atoms with Crippen molar-refractivity contribution in [1.82, 2.24) is 4.98 Å². The molecule has 2 N–H and O–H groups in total. The molecule has 4 heteroatoms. The Bertz CT molecular complexity index is 1410. The lowest BCUT2D eigenvalue weighted by molar-refractivity contribution is 0.174. The van der Waals surface area contributed by atoms with Crippen LogP contribution in [0.15, 0.2) is 72.8 Å². The van der Waals surface area contributed by atoms with E-state index in [2.05, 4.69) is 30.3 Å². The summed E-state index contributed by atoms with van der Waals surface area (Å²) in [6.45, 7) is 0.262. The maximum Gasteiger partial charge on any atom is 0.231 e. The Morgan fingerprint density at radius 3 is 2.39 bits per heavy atom. The standard InChI is InChI=1S/C24H16N2O2/c25-24-18-8-4-3-7-17(18)22-19(15-9-10-20-21(12-15)28-13-27-20)11-14-5-1-2-6-16(14)23(22)26-24/h1-12H,13H2,(H2,25,26). The average molecular weight is 364 g/mol. The fourth-order valence-electron chi connectivity index (χ4n) is 4.11. The Morgan fingerprint density at radius 1 is 0.750 bits per heavy atom. The van der Waals surface area contributed by atoms with Gasteiger partial charge in [-0.05, 0) is 40.1 Å². The average Bonchev–Trinajstić information content (AvgIpc) is 3.21. The molecule has 1 aromatic heterocycles. The van der Waals surface area contributed by atoms with Gasteiger partial charge in [-0.3, -0.25) is 0 Å². The summed E-state index contributed by atoms with van der Waals surface area (Å²) in [7, 11) is 0. The van der Waals surface area contributed by atoms with Crippen molar-refractivity contribution in [2.75, 3.05) is 12.5 Å². The monoisotopic (exact) mass is 364 g/mol. The van der Waals surface area contributed by atoms with Crippen LogP contribution in [0.2, 0.25) is 0 Å². The van der Waals surface area contributed by atoms with Gasteiger partial charge in [0.25, 0.3) is 0 Å². The molecule has 5 aromatic rings. The second-order valence-corrected chi connectivity index (χ2v) is 6.98. The minimum absolute atomic E-state index is 0.262. The molecule has 4 nitrogen and oxygen atoms in total. The lowest BCUT2D eigenvalue weighted by atomic mass is 9.92. The van der Waals surface area contributed by atoms with Gasteiger partial charge in [-0.25, -0.2) is 4.98 Å². The number of aromatic nitrogens is 1. The van der Waals surface area contributed by atoms with Gasteiger partial charge in [-0.2, -0.15) is 0 Å². The number of hydrogen-bond donors (Lipinski definition) is 1. The van der Waals surface area contributed by atoms with Crippen molar-refractivity contribution < 1.29 is 9.47 Å². The smallest absolute Gasteiger partial charge is 0.231 e. The van der Waals surface area contributed by atoms with Gasteiger partial charge >= 0.3 is 0 Å². The Hall–Kier alpha value is -3.79. The van der Waals surface area contributed by atoms with Crippen molar-refractivity contribution in [2.24, 2.45) is 0 Å². The van der Waals surface area contributed by atoms with Gasteiger partial charge in [0.1, 0.15) is 5.82 Å². The molecular formula is C24H16N2O2. The molecule has 0 atom stereocenters. The summed E-state index contributed by atoms with van der Waals surface area (Å²) in [5.74, 6) is 2.10. The van der Waals surface area contributed by atoms with Crippen molar-refractivity contribution in [3.05, 3.63) is 72.8 Å². The van der Waals surface area contributed by atoms with Crippen LogP contribution in [-0.2, 0) is 0 Å². The van der Waals surface area contributed by atoms with E-state index in [-0.39, 0.29) is 6.79 Å². The van der Waals surface area contributed by atoms with Crippen LogP contribution in [0.1, 0.15) is 0 Å². The highest BCUT2D eigenvalue weighted by Gasteiger charge is 2.18. The minimum Gasteiger partial charge on any atom is -0.454 e. The van der Waals surface area contributed by atoms with Crippen LogP contribution in [-0.4, -0.2) is 11.8 Å². The quantitative estimate of drug-likeness (QED) is 0.398. The topological polar surface area (TPSA) is 57.4 Å². The summed E-state index contributed by atoms with van der Waals surface area (Å²) in [5.41, 5.74) is 9.42. The molecule has 0 saturated carbocycles. The SMILES string of the molecule is Nc1nc2c3ccccc3cc(-c3ccc4c(c3)OCO4)c2c2ccccc12. The molecule has 0 unspecified atom stereocenters. The Labute approximate surface area is 161 Å². The molecule has 0 spiro atoms. The highest BCUT2D eigenvalue weighted by atomic mass is 16.7. The second kappa shape index (κ2) is 5.60. The van der Waals surface area contributed by atoms with Crippen LogP contribution >= 0.6 is 0 Å². The molecule has 0 aliphatic carbocycles. The molecular weight excluding hydrogens is 348 g/mol. The Morgan fingerprint density at radius 2 is 1.50 bits per heavy atom. The van der Waals surface area contributed by atoms with E-state index < -0.39 is 0 Å². The molecule has 28 heavy (non-hydrogen) atoms. The van der Waals surface area contributed by atoms with Crippen LogP contribution in [0.25, 0.3) is 43.6 Å². The van der Waals surface area contributed by atoms with E-state index in [0.29, 0.717) is 5.82 Å². The molecule has 1 aliphatic heterocycles. The predicted octanol–water partition coefficient (Wildman–Crippen LogP) is 5.52. The highest BCUT2D eigenvalue weighted by molar-refractivity contribution is 6.23. The summed E-state index contributed by atoms with van der Waals surface area (Å²) in [6, 6.07) is 24.8. The van der Waals surface area contributed by atoms with Crippen LogP contribution in [0.4, 0.5) is 5.82 Å². The fraction of sp³-hybridized carbons (Fsp3) is 0.0417. The Balaban J connectivity index is 1.82. The first-order chi connectivity index (χ1) is 13.8. The molecule has 0 radical (unpaired) electrons. The normalized spacial score (nSPS) is 12.9. The zero-order valence-electron chi connectivity index (χ0n) is 15.0. The number of rotatable bonds is 1. The van der Waals surface area contributed by atoms with Crippen molar-refractivity contribution in [3.8, 4) is 22.6 Å². The van der Waals surface area contributed by atoms with E-state index in [1.54, 1.807) is 0 Å². The maximum atomic E-state index is 6.33. The van der Waals surface area contributed by atoms with Crippen LogP contribution in [0.3, 0.4) is 0 Å². The lowest BCUT2D eigenvalue weighted by Crippen LogP contribution is -1.96. The number of fused-ring (bicyclic) bond motifs is 6. The third-order valence-corrected chi connectivity index (χ3v) is 5.41. The first-order valence-electron chi connectivity index (χ1n) is 9.19. The third-order valence-electron chi connectivity index (χ3n) is 5.41. The van der Waals surface area contributed by atoms with Gasteiger partial charge in [0.05, 0.1) is 5.52 Å². The first-order valence-corrected chi connectivity index (χ1v) is 9.19. The fourth-order valence-corrected chi connectivity index (χ4v) is 4.11. The van der Waals surface area contributed by atoms with Crippen LogP contribution in [0.5, 0.6) is 11.5 Å². The van der Waals surface area contributed by atoms with Gasteiger partial charge in [-0.15, -0.1) is 0 Å². The van der Waals surface area contributed by atoms with E-state index in [4.69, 9.17) is 20.2 Å². The summed E-state index contributed by atoms with van der Waals surface area (Å²) in [4.78, 5) is 4.81. The van der Waals surface area contributed by atoms with E-state index in [1.165, 1.54) is 0 Å². The molecule has 0 amide bonds. The number of pyridine rings is 1. The number of nitrogen functional groups attached to an aromatic ring is 1. The van der Waals surface area contributed by atoms with E-state index in [9.17, 15) is 0 Å². The van der Waals surface area contributed by atoms with E-state index >= 15 is 0 Å². The summed E-state index contributed by atoms with van der Waals surface area (Å²) in [6.07, 6.45) is 0. The first kappa shape index (κ1) is 15.3. The number of nitrogens with two attached hydrogens (primary N) is 1. The summed E-state index contributed by atoms with van der Waals surface area (Å²) in [5, 5.41) is 5.39. The van der Waals surface area contributed by atoms with Gasteiger partial charge in [0.15, 0.2) is 11.5 Å². The third kappa shape index (κ3) is 2.09. The number of ether oxygens (including phenoxy) is 2. The predicted molar refractivity (Wildman–Crippen MR) is 113 cm³/mol. The summed E-state index contributed by atoms with van der Waals surface area (Å²) < 4.78 is 11.1. The zero-order chi connectivity index (χ0) is 18.7.